The van der Waals surface area contributed by atoms with E-state index in [0.29, 0.717) is 24.5 Å². The second kappa shape index (κ2) is 7.96. The summed E-state index contributed by atoms with van der Waals surface area (Å²) >= 11 is 0. The molecule has 1 aromatic heterocycles. The molecule has 2 aliphatic rings. The van der Waals surface area contributed by atoms with Crippen LogP contribution >= 0.6 is 0 Å². The molecule has 140 valence electrons. The summed E-state index contributed by atoms with van der Waals surface area (Å²) in [4.78, 5) is 10.8. The summed E-state index contributed by atoms with van der Waals surface area (Å²) in [5, 5.41) is 9.06. The molecule has 25 heavy (non-hydrogen) atoms. The second-order valence-electron chi connectivity index (χ2n) is 6.60. The number of piperazine rings is 2. The minimum Gasteiger partial charge on any atom is -0.395 e. The molecule has 0 bridgehead atoms. The molecular weight excluding hydrogens is 342 g/mol. The maximum Gasteiger partial charge on any atom is 0.246 e. The highest BCUT2D eigenvalue weighted by molar-refractivity contribution is 7.89. The fourth-order valence-electron chi connectivity index (χ4n) is 3.35. The van der Waals surface area contributed by atoms with Gasteiger partial charge in [-0.25, -0.2) is 8.42 Å². The number of aliphatic hydroxyl groups is 1. The molecule has 8 nitrogen and oxygen atoms in total. The molecular formula is C16H27N5O3S. The molecule has 0 radical (unpaired) electrons. The van der Waals surface area contributed by atoms with Crippen LogP contribution in [0.3, 0.4) is 0 Å². The molecule has 3 rings (SSSR count). The maximum atomic E-state index is 13.1. The number of rotatable bonds is 5. The van der Waals surface area contributed by atoms with Gasteiger partial charge in [0, 0.05) is 71.3 Å². The van der Waals surface area contributed by atoms with Crippen molar-refractivity contribution in [2.24, 2.45) is 0 Å². The van der Waals surface area contributed by atoms with E-state index in [1.807, 2.05) is 7.05 Å². The number of hydrogen-bond donors (Lipinski definition) is 1. The number of aromatic nitrogens is 1. The number of anilines is 1. The third-order valence-electron chi connectivity index (χ3n) is 4.97. The zero-order valence-corrected chi connectivity index (χ0v) is 15.5. The number of likely N-dealkylation sites (N-methyl/N-ethyl adjacent to an activating group) is 1. The Labute approximate surface area is 149 Å². The van der Waals surface area contributed by atoms with Gasteiger partial charge in [0.05, 0.1) is 12.3 Å². The van der Waals surface area contributed by atoms with Crippen LogP contribution in [0.5, 0.6) is 0 Å². The van der Waals surface area contributed by atoms with Crippen LogP contribution in [0.1, 0.15) is 0 Å². The maximum absolute atomic E-state index is 13.1. The van der Waals surface area contributed by atoms with Crippen molar-refractivity contribution in [1.29, 1.82) is 0 Å². The third kappa shape index (κ3) is 4.12. The van der Waals surface area contributed by atoms with Crippen LogP contribution in [0.15, 0.2) is 23.4 Å². The molecule has 0 amide bonds. The Morgan fingerprint density at radius 1 is 1.08 bits per heavy atom. The van der Waals surface area contributed by atoms with Crippen LogP contribution in [0, 0.1) is 0 Å². The largest absolute Gasteiger partial charge is 0.395 e. The number of β-amino-alcohol motifs (C(OH)–C–C–N with tert-alkyl or cyclic N) is 1. The van der Waals surface area contributed by atoms with Gasteiger partial charge < -0.3 is 14.9 Å². The van der Waals surface area contributed by atoms with Gasteiger partial charge in [0.2, 0.25) is 10.0 Å². The molecule has 2 aliphatic heterocycles. The summed E-state index contributed by atoms with van der Waals surface area (Å²) in [7, 11) is -1.54. The molecule has 1 aromatic rings. The number of hydrogen-bond acceptors (Lipinski definition) is 7. The van der Waals surface area contributed by atoms with Crippen LogP contribution in [-0.2, 0) is 10.0 Å². The Balaban J connectivity index is 1.79. The van der Waals surface area contributed by atoms with Gasteiger partial charge in [-0.2, -0.15) is 4.31 Å². The molecule has 0 spiro atoms. The third-order valence-corrected chi connectivity index (χ3v) is 6.89. The zero-order chi connectivity index (χ0) is 17.9. The van der Waals surface area contributed by atoms with E-state index < -0.39 is 10.0 Å². The number of nitrogens with zero attached hydrogens (tertiary/aromatic N) is 5. The van der Waals surface area contributed by atoms with Gasteiger partial charge >= 0.3 is 0 Å². The Morgan fingerprint density at radius 3 is 2.40 bits per heavy atom. The quantitative estimate of drug-likeness (QED) is 0.723. The predicted octanol–water partition coefficient (Wildman–Crippen LogP) is -0.868. The number of aliphatic hydroxyl groups excluding tert-OH is 1. The molecule has 2 fully saturated rings. The van der Waals surface area contributed by atoms with Crippen molar-refractivity contribution in [3.8, 4) is 0 Å². The van der Waals surface area contributed by atoms with E-state index in [9.17, 15) is 8.42 Å². The first kappa shape index (κ1) is 18.5. The molecule has 0 aliphatic carbocycles. The number of sulfonamides is 1. The van der Waals surface area contributed by atoms with Crippen molar-refractivity contribution in [3.05, 3.63) is 18.5 Å². The van der Waals surface area contributed by atoms with E-state index in [1.165, 1.54) is 6.20 Å². The van der Waals surface area contributed by atoms with E-state index >= 15 is 0 Å². The molecule has 0 unspecified atom stereocenters. The average molecular weight is 369 g/mol. The van der Waals surface area contributed by atoms with E-state index in [2.05, 4.69) is 19.7 Å². The minimum absolute atomic E-state index is 0.151. The lowest BCUT2D eigenvalue weighted by Gasteiger charge is -2.37. The van der Waals surface area contributed by atoms with Crippen molar-refractivity contribution in [1.82, 2.24) is 19.1 Å². The Hall–Kier alpha value is -1.26. The highest BCUT2D eigenvalue weighted by Crippen LogP contribution is 2.28. The van der Waals surface area contributed by atoms with Crippen molar-refractivity contribution in [2.45, 2.75) is 4.90 Å². The molecule has 2 saturated heterocycles. The van der Waals surface area contributed by atoms with Crippen LogP contribution in [-0.4, -0.2) is 105 Å². The normalized spacial score (nSPS) is 21.6. The fraction of sp³-hybridized carbons (Fsp3) is 0.688. The average Bonchev–Trinajstić information content (AvgIpc) is 2.63. The van der Waals surface area contributed by atoms with Gasteiger partial charge in [-0.15, -0.1) is 0 Å². The first-order chi connectivity index (χ1) is 12.0. The summed E-state index contributed by atoms with van der Waals surface area (Å²) in [6.07, 6.45) is 3.13. The molecule has 9 heteroatoms. The van der Waals surface area contributed by atoms with Crippen LogP contribution in [0.4, 0.5) is 5.69 Å². The second-order valence-corrected chi connectivity index (χ2v) is 8.51. The van der Waals surface area contributed by atoms with Gasteiger partial charge in [-0.05, 0) is 13.1 Å². The fourth-order valence-corrected chi connectivity index (χ4v) is 4.93. The standard InChI is InChI=1S/C16H27N5O3S/c1-18-4-10-21(11-5-18)25(23,24)16-14-17-3-2-15(16)20-8-6-19(7-9-20)12-13-22/h2-3,14,22H,4-13H2,1H3. The topological polar surface area (TPSA) is 80.2 Å². The molecule has 0 aromatic carbocycles. The monoisotopic (exact) mass is 369 g/mol. The van der Waals surface area contributed by atoms with Crippen LogP contribution < -0.4 is 4.90 Å². The van der Waals surface area contributed by atoms with E-state index in [1.54, 1.807) is 16.6 Å². The zero-order valence-electron chi connectivity index (χ0n) is 14.7. The summed E-state index contributed by atoms with van der Waals surface area (Å²) in [5.41, 5.74) is 0.734. The van der Waals surface area contributed by atoms with Gasteiger partial charge in [0.1, 0.15) is 4.90 Å². The summed E-state index contributed by atoms with van der Waals surface area (Å²) in [6, 6.07) is 1.80. The first-order valence-corrected chi connectivity index (χ1v) is 10.2. The van der Waals surface area contributed by atoms with Crippen molar-refractivity contribution in [2.75, 3.05) is 77.5 Å². The van der Waals surface area contributed by atoms with Crippen LogP contribution in [0.2, 0.25) is 0 Å². The summed E-state index contributed by atoms with van der Waals surface area (Å²) in [6.45, 7) is 6.45. The van der Waals surface area contributed by atoms with Gasteiger partial charge in [-0.1, -0.05) is 0 Å². The van der Waals surface area contributed by atoms with Crippen molar-refractivity contribution >= 4 is 15.7 Å². The molecule has 3 heterocycles. The minimum atomic E-state index is -3.54. The Morgan fingerprint density at radius 2 is 1.76 bits per heavy atom. The predicted molar refractivity (Wildman–Crippen MR) is 96.2 cm³/mol. The Bertz CT molecular complexity index is 668. The SMILES string of the molecule is CN1CCN(S(=O)(=O)c2cnccc2N2CCN(CCO)CC2)CC1. The summed E-state index contributed by atoms with van der Waals surface area (Å²) < 4.78 is 27.8. The summed E-state index contributed by atoms with van der Waals surface area (Å²) in [5.74, 6) is 0. The smallest absolute Gasteiger partial charge is 0.246 e. The van der Waals surface area contributed by atoms with E-state index in [-0.39, 0.29) is 6.61 Å². The first-order valence-electron chi connectivity index (χ1n) is 8.73. The molecule has 0 saturated carbocycles. The molecule has 1 N–H and O–H groups in total. The van der Waals surface area contributed by atoms with Crippen molar-refractivity contribution in [3.63, 3.8) is 0 Å². The lowest BCUT2D eigenvalue weighted by Crippen LogP contribution is -2.49. The van der Waals surface area contributed by atoms with E-state index in [4.69, 9.17) is 5.11 Å². The van der Waals surface area contributed by atoms with E-state index in [0.717, 1.165) is 45.0 Å². The van der Waals surface area contributed by atoms with Gasteiger partial charge in [0.15, 0.2) is 0 Å². The lowest BCUT2D eigenvalue weighted by molar-refractivity contribution is 0.188. The van der Waals surface area contributed by atoms with Crippen molar-refractivity contribution < 1.29 is 13.5 Å². The van der Waals surface area contributed by atoms with Crippen LogP contribution in [0.25, 0.3) is 0 Å². The van der Waals surface area contributed by atoms with Gasteiger partial charge in [-0.3, -0.25) is 9.88 Å². The van der Waals surface area contributed by atoms with Gasteiger partial charge in [0.25, 0.3) is 0 Å². The number of pyridine rings is 1. The highest BCUT2D eigenvalue weighted by Gasteiger charge is 2.31. The highest BCUT2D eigenvalue weighted by atomic mass is 32.2. The Kier molecular flexibility index (Phi) is 5.90. The molecule has 0 atom stereocenters. The lowest BCUT2D eigenvalue weighted by atomic mass is 10.2.